The molecule has 1 aromatic heterocycles. The van der Waals surface area contributed by atoms with Crippen molar-refractivity contribution < 1.29 is 9.53 Å². The lowest BCUT2D eigenvalue weighted by Crippen LogP contribution is -2.52. The van der Waals surface area contributed by atoms with Gasteiger partial charge in [0.25, 0.3) is 5.91 Å². The fourth-order valence-corrected chi connectivity index (χ4v) is 3.05. The van der Waals surface area contributed by atoms with Crippen molar-refractivity contribution in [2.24, 2.45) is 0 Å². The number of amides is 1. The highest BCUT2D eigenvalue weighted by molar-refractivity contribution is 6.30. The number of aromatic nitrogens is 2. The predicted octanol–water partition coefficient (Wildman–Crippen LogP) is 2.55. The Hall–Kier alpha value is -2.34. The van der Waals surface area contributed by atoms with E-state index in [4.69, 9.17) is 16.3 Å². The molecule has 6 nitrogen and oxygen atoms in total. The maximum atomic E-state index is 12.6. The van der Waals surface area contributed by atoms with Crippen molar-refractivity contribution in [3.63, 3.8) is 0 Å². The Kier molecular flexibility index (Phi) is 5.38. The Balaban J connectivity index is 1.56. The number of anilines is 1. The van der Waals surface area contributed by atoms with Gasteiger partial charge in [-0.2, -0.15) is 0 Å². The normalized spacial score (nSPS) is 15.8. The van der Waals surface area contributed by atoms with Gasteiger partial charge in [-0.15, -0.1) is 0 Å². The third kappa shape index (κ3) is 4.20. The number of rotatable bonds is 4. The van der Waals surface area contributed by atoms with E-state index in [1.807, 2.05) is 17.9 Å². The number of hydrogen-bond acceptors (Lipinski definition) is 5. The maximum absolute atomic E-state index is 12.6. The van der Waals surface area contributed by atoms with Crippen molar-refractivity contribution in [2.75, 3.05) is 31.1 Å². The fourth-order valence-electron chi connectivity index (χ4n) is 2.82. The summed E-state index contributed by atoms with van der Waals surface area (Å²) in [5.41, 5.74) is 0.915. The summed E-state index contributed by atoms with van der Waals surface area (Å²) in [4.78, 5) is 25.1. The highest BCUT2D eigenvalue weighted by Gasteiger charge is 2.27. The molecule has 0 radical (unpaired) electrons. The molecule has 1 aliphatic heterocycles. The van der Waals surface area contributed by atoms with Crippen LogP contribution in [0.4, 0.5) is 5.95 Å². The Morgan fingerprint density at radius 3 is 2.52 bits per heavy atom. The Morgan fingerprint density at radius 1 is 1.20 bits per heavy atom. The molecule has 1 aromatic carbocycles. The van der Waals surface area contributed by atoms with Crippen LogP contribution in [0.25, 0.3) is 0 Å². The molecule has 2 heterocycles. The van der Waals surface area contributed by atoms with Crippen LogP contribution in [0.3, 0.4) is 0 Å². The van der Waals surface area contributed by atoms with Gasteiger partial charge in [0.2, 0.25) is 5.95 Å². The summed E-state index contributed by atoms with van der Waals surface area (Å²) in [6.45, 7) is 6.37. The lowest BCUT2D eigenvalue weighted by atomic mass is 10.2. The molecule has 0 aliphatic carbocycles. The monoisotopic (exact) mass is 360 g/mol. The van der Waals surface area contributed by atoms with Crippen molar-refractivity contribution >= 4 is 23.5 Å². The Morgan fingerprint density at radius 2 is 1.88 bits per heavy atom. The molecule has 0 saturated carbocycles. The smallest absolute Gasteiger partial charge is 0.263 e. The minimum absolute atomic E-state index is 0.0111. The first-order valence-corrected chi connectivity index (χ1v) is 8.66. The van der Waals surface area contributed by atoms with Gasteiger partial charge in [-0.1, -0.05) is 11.6 Å². The summed E-state index contributed by atoms with van der Waals surface area (Å²) in [6.07, 6.45) is 2.91. The first kappa shape index (κ1) is 17.5. The van der Waals surface area contributed by atoms with Gasteiger partial charge >= 0.3 is 0 Å². The van der Waals surface area contributed by atoms with E-state index in [-0.39, 0.29) is 5.91 Å². The third-order valence-corrected chi connectivity index (χ3v) is 4.45. The van der Waals surface area contributed by atoms with Gasteiger partial charge in [-0.25, -0.2) is 9.97 Å². The van der Waals surface area contributed by atoms with Gasteiger partial charge in [-0.05, 0) is 43.7 Å². The van der Waals surface area contributed by atoms with Gasteiger partial charge < -0.3 is 14.5 Å². The SMILES string of the molecule is Cc1cc(Cl)ccc1O[C@H](C)C(=O)N1CCN(c2ncccn2)CC1. The zero-order chi connectivity index (χ0) is 17.8. The van der Waals surface area contributed by atoms with Crippen LogP contribution in [0.2, 0.25) is 5.02 Å². The molecule has 0 spiro atoms. The van der Waals surface area contributed by atoms with Crippen LogP contribution in [0.15, 0.2) is 36.7 Å². The van der Waals surface area contributed by atoms with Crippen LogP contribution in [0.5, 0.6) is 5.75 Å². The molecule has 25 heavy (non-hydrogen) atoms. The topological polar surface area (TPSA) is 58.6 Å². The van der Waals surface area contributed by atoms with Crippen LogP contribution in [0, 0.1) is 6.92 Å². The number of halogens is 1. The molecule has 3 rings (SSSR count). The van der Waals surface area contributed by atoms with Crippen molar-refractivity contribution in [2.45, 2.75) is 20.0 Å². The van der Waals surface area contributed by atoms with Crippen LogP contribution in [0.1, 0.15) is 12.5 Å². The first-order valence-electron chi connectivity index (χ1n) is 8.28. The van der Waals surface area contributed by atoms with Gasteiger partial charge in [0.1, 0.15) is 5.75 Å². The van der Waals surface area contributed by atoms with E-state index in [1.165, 1.54) is 0 Å². The number of benzene rings is 1. The molecule has 1 atom stereocenters. The van der Waals surface area contributed by atoms with E-state index in [1.54, 1.807) is 37.5 Å². The molecule has 1 saturated heterocycles. The summed E-state index contributed by atoms with van der Waals surface area (Å²) in [5.74, 6) is 1.38. The number of piperazine rings is 1. The van der Waals surface area contributed by atoms with Gasteiger partial charge in [-0.3, -0.25) is 4.79 Å². The molecule has 1 aliphatic rings. The van der Waals surface area contributed by atoms with Crippen LogP contribution < -0.4 is 9.64 Å². The van der Waals surface area contributed by atoms with E-state index in [0.717, 1.165) is 5.56 Å². The summed E-state index contributed by atoms with van der Waals surface area (Å²) >= 11 is 5.96. The summed E-state index contributed by atoms with van der Waals surface area (Å²) in [7, 11) is 0. The van der Waals surface area contributed by atoms with Crippen LogP contribution >= 0.6 is 11.6 Å². The molecule has 7 heteroatoms. The molecule has 0 bridgehead atoms. The molecular formula is C18H21ClN4O2. The fraction of sp³-hybridized carbons (Fsp3) is 0.389. The number of aryl methyl sites for hydroxylation is 1. The van der Waals surface area contributed by atoms with Crippen LogP contribution in [-0.2, 0) is 4.79 Å². The number of nitrogens with zero attached hydrogens (tertiary/aromatic N) is 4. The second-order valence-corrected chi connectivity index (χ2v) is 6.47. The highest BCUT2D eigenvalue weighted by atomic mass is 35.5. The average molecular weight is 361 g/mol. The highest BCUT2D eigenvalue weighted by Crippen LogP contribution is 2.23. The number of ether oxygens (including phenoxy) is 1. The second kappa shape index (κ2) is 7.70. The van der Waals surface area contributed by atoms with E-state index < -0.39 is 6.10 Å². The lowest BCUT2D eigenvalue weighted by Gasteiger charge is -2.35. The Bertz CT molecular complexity index is 733. The first-order chi connectivity index (χ1) is 12.0. The molecule has 0 unspecified atom stereocenters. The molecule has 1 fully saturated rings. The molecular weight excluding hydrogens is 340 g/mol. The minimum atomic E-state index is -0.542. The average Bonchev–Trinajstić information content (AvgIpc) is 2.64. The van der Waals surface area contributed by atoms with E-state index in [2.05, 4.69) is 14.9 Å². The standard InChI is InChI=1S/C18H21ClN4O2/c1-13-12-15(19)4-5-16(13)25-14(2)17(24)22-8-10-23(11-9-22)18-20-6-3-7-21-18/h3-7,12,14H,8-11H2,1-2H3/t14-/m1/s1. The molecule has 2 aromatic rings. The van der Waals surface area contributed by atoms with Gasteiger partial charge in [0.15, 0.2) is 6.10 Å². The minimum Gasteiger partial charge on any atom is -0.481 e. The molecule has 0 N–H and O–H groups in total. The zero-order valence-corrected chi connectivity index (χ0v) is 15.1. The number of hydrogen-bond donors (Lipinski definition) is 0. The van der Waals surface area contributed by atoms with Crippen molar-refractivity contribution in [1.29, 1.82) is 0 Å². The lowest BCUT2D eigenvalue weighted by molar-refractivity contribution is -0.138. The summed E-state index contributed by atoms with van der Waals surface area (Å²) in [6, 6.07) is 7.18. The van der Waals surface area contributed by atoms with Crippen molar-refractivity contribution in [1.82, 2.24) is 14.9 Å². The largest absolute Gasteiger partial charge is 0.481 e. The molecule has 132 valence electrons. The summed E-state index contributed by atoms with van der Waals surface area (Å²) < 4.78 is 5.84. The van der Waals surface area contributed by atoms with Gasteiger partial charge in [0.05, 0.1) is 0 Å². The van der Waals surface area contributed by atoms with Crippen molar-refractivity contribution in [3.05, 3.63) is 47.2 Å². The zero-order valence-electron chi connectivity index (χ0n) is 14.4. The number of carbonyl (C=O) groups is 1. The molecule has 1 amide bonds. The maximum Gasteiger partial charge on any atom is 0.263 e. The summed E-state index contributed by atoms with van der Waals surface area (Å²) in [5, 5.41) is 0.656. The van der Waals surface area contributed by atoms with E-state index >= 15 is 0 Å². The van der Waals surface area contributed by atoms with E-state index in [0.29, 0.717) is 42.9 Å². The quantitative estimate of drug-likeness (QED) is 0.838. The predicted molar refractivity (Wildman–Crippen MR) is 97.1 cm³/mol. The third-order valence-electron chi connectivity index (χ3n) is 4.21. The second-order valence-electron chi connectivity index (χ2n) is 6.03. The Labute approximate surface area is 152 Å². The van der Waals surface area contributed by atoms with Crippen molar-refractivity contribution in [3.8, 4) is 5.75 Å². The number of carbonyl (C=O) groups excluding carboxylic acids is 1. The van der Waals surface area contributed by atoms with E-state index in [9.17, 15) is 4.79 Å². The van der Waals surface area contributed by atoms with Crippen LogP contribution in [-0.4, -0.2) is 53.1 Å². The van der Waals surface area contributed by atoms with Gasteiger partial charge in [0, 0.05) is 43.6 Å².